The van der Waals surface area contributed by atoms with Gasteiger partial charge in [-0.2, -0.15) is 0 Å². The van der Waals surface area contributed by atoms with Gasteiger partial charge in [0.15, 0.2) is 0 Å². The lowest BCUT2D eigenvalue weighted by Crippen LogP contribution is -2.49. The first-order valence-corrected chi connectivity index (χ1v) is 7.11. The minimum Gasteiger partial charge on any atom is -0.383 e. The van der Waals surface area contributed by atoms with Crippen LogP contribution in [-0.2, 0) is 10.2 Å². The summed E-state index contributed by atoms with van der Waals surface area (Å²) in [6, 6.07) is 11.4. The van der Waals surface area contributed by atoms with Crippen LogP contribution in [0, 0.1) is 0 Å². The lowest BCUT2D eigenvalue weighted by atomic mass is 9.73. The second-order valence-corrected chi connectivity index (χ2v) is 5.29. The normalized spacial score (nSPS) is 19.9. The number of methoxy groups -OCH3 is 1. The summed E-state index contributed by atoms with van der Waals surface area (Å²) in [5, 5.41) is 3.64. The van der Waals surface area contributed by atoms with E-state index < -0.39 is 0 Å². The van der Waals surface area contributed by atoms with E-state index in [2.05, 4.69) is 42.6 Å². The van der Waals surface area contributed by atoms with Crippen LogP contribution in [0.2, 0.25) is 0 Å². The fourth-order valence-electron chi connectivity index (χ4n) is 3.44. The molecular formula is C16H25NO. The fourth-order valence-corrected chi connectivity index (χ4v) is 3.44. The molecule has 0 radical (unpaired) electrons. The molecule has 1 fully saturated rings. The van der Waals surface area contributed by atoms with E-state index >= 15 is 0 Å². The van der Waals surface area contributed by atoms with Crippen LogP contribution in [0.1, 0.15) is 38.2 Å². The molecule has 0 saturated heterocycles. The first-order valence-electron chi connectivity index (χ1n) is 7.11. The van der Waals surface area contributed by atoms with E-state index in [1.54, 1.807) is 7.11 Å². The summed E-state index contributed by atoms with van der Waals surface area (Å²) < 4.78 is 5.45. The zero-order valence-corrected chi connectivity index (χ0v) is 11.6. The van der Waals surface area contributed by atoms with Crippen LogP contribution in [0.5, 0.6) is 0 Å². The first kappa shape index (κ1) is 13.6. The van der Waals surface area contributed by atoms with Gasteiger partial charge in [-0.3, -0.25) is 0 Å². The Morgan fingerprint density at radius 3 is 2.44 bits per heavy atom. The maximum absolute atomic E-state index is 5.45. The number of hydrogen-bond donors (Lipinski definition) is 1. The Morgan fingerprint density at radius 1 is 1.22 bits per heavy atom. The Morgan fingerprint density at radius 2 is 1.89 bits per heavy atom. The van der Waals surface area contributed by atoms with Gasteiger partial charge in [-0.1, -0.05) is 50.1 Å². The van der Waals surface area contributed by atoms with E-state index in [1.165, 1.54) is 31.2 Å². The smallest absolute Gasteiger partial charge is 0.0624 e. The van der Waals surface area contributed by atoms with Gasteiger partial charge in [0.1, 0.15) is 0 Å². The molecule has 1 aromatic rings. The third kappa shape index (κ3) is 2.60. The van der Waals surface area contributed by atoms with Crippen molar-refractivity contribution >= 4 is 0 Å². The van der Waals surface area contributed by atoms with Crippen molar-refractivity contribution in [3.8, 4) is 0 Å². The summed E-state index contributed by atoms with van der Waals surface area (Å²) in [4.78, 5) is 0. The van der Waals surface area contributed by atoms with Crippen LogP contribution in [-0.4, -0.2) is 26.3 Å². The van der Waals surface area contributed by atoms with Crippen molar-refractivity contribution in [2.75, 3.05) is 20.3 Å². The number of hydrogen-bond acceptors (Lipinski definition) is 2. The molecule has 1 unspecified atom stereocenters. The van der Waals surface area contributed by atoms with Crippen LogP contribution in [0.15, 0.2) is 30.3 Å². The Bertz CT molecular complexity index is 337. The molecule has 0 spiro atoms. The zero-order valence-electron chi connectivity index (χ0n) is 11.6. The van der Waals surface area contributed by atoms with E-state index in [9.17, 15) is 0 Å². The third-order valence-corrected chi connectivity index (χ3v) is 4.30. The highest BCUT2D eigenvalue weighted by molar-refractivity contribution is 5.29. The predicted molar refractivity (Wildman–Crippen MR) is 75.9 cm³/mol. The summed E-state index contributed by atoms with van der Waals surface area (Å²) in [6.45, 7) is 3.97. The topological polar surface area (TPSA) is 21.3 Å². The molecule has 0 amide bonds. The van der Waals surface area contributed by atoms with Gasteiger partial charge in [0, 0.05) is 18.6 Å². The zero-order chi connectivity index (χ0) is 12.8. The maximum Gasteiger partial charge on any atom is 0.0624 e. The summed E-state index contributed by atoms with van der Waals surface area (Å²) in [6.07, 6.45) is 5.22. The van der Waals surface area contributed by atoms with Crippen molar-refractivity contribution in [1.29, 1.82) is 0 Å². The SMILES string of the molecule is CCNC(COC)C1(c2ccccc2)CCCC1. The van der Waals surface area contributed by atoms with Crippen molar-refractivity contribution in [3.05, 3.63) is 35.9 Å². The van der Waals surface area contributed by atoms with Crippen LogP contribution >= 0.6 is 0 Å². The molecule has 0 bridgehead atoms. The molecule has 0 aromatic heterocycles. The quantitative estimate of drug-likeness (QED) is 0.834. The molecule has 18 heavy (non-hydrogen) atoms. The average molecular weight is 247 g/mol. The maximum atomic E-state index is 5.45. The number of nitrogens with one attached hydrogen (secondary N) is 1. The van der Waals surface area contributed by atoms with Crippen LogP contribution < -0.4 is 5.32 Å². The Kier molecular flexibility index (Phi) is 4.79. The van der Waals surface area contributed by atoms with Gasteiger partial charge in [0.05, 0.1) is 6.61 Å². The molecule has 1 saturated carbocycles. The first-order chi connectivity index (χ1) is 8.83. The van der Waals surface area contributed by atoms with Gasteiger partial charge < -0.3 is 10.1 Å². The highest BCUT2D eigenvalue weighted by Crippen LogP contribution is 2.43. The third-order valence-electron chi connectivity index (χ3n) is 4.30. The van der Waals surface area contributed by atoms with Gasteiger partial charge in [-0.15, -0.1) is 0 Å². The van der Waals surface area contributed by atoms with Crippen molar-refractivity contribution in [1.82, 2.24) is 5.32 Å². The number of benzene rings is 1. The molecule has 1 atom stereocenters. The van der Waals surface area contributed by atoms with E-state index in [0.717, 1.165) is 13.2 Å². The lowest BCUT2D eigenvalue weighted by Gasteiger charge is -2.38. The van der Waals surface area contributed by atoms with Gasteiger partial charge in [-0.05, 0) is 24.9 Å². The molecule has 2 rings (SSSR count). The van der Waals surface area contributed by atoms with Crippen molar-refractivity contribution in [3.63, 3.8) is 0 Å². The molecular weight excluding hydrogens is 222 g/mol. The summed E-state index contributed by atoms with van der Waals surface area (Å²) in [7, 11) is 1.80. The second-order valence-electron chi connectivity index (χ2n) is 5.29. The van der Waals surface area contributed by atoms with Gasteiger partial charge in [0.2, 0.25) is 0 Å². The lowest BCUT2D eigenvalue weighted by molar-refractivity contribution is 0.126. The van der Waals surface area contributed by atoms with E-state index in [1.807, 2.05) is 0 Å². The Hall–Kier alpha value is -0.860. The van der Waals surface area contributed by atoms with Gasteiger partial charge >= 0.3 is 0 Å². The molecule has 0 aliphatic heterocycles. The van der Waals surface area contributed by atoms with Crippen molar-refractivity contribution in [2.24, 2.45) is 0 Å². The van der Waals surface area contributed by atoms with Crippen LogP contribution in [0.3, 0.4) is 0 Å². The van der Waals surface area contributed by atoms with Crippen LogP contribution in [0.25, 0.3) is 0 Å². The number of likely N-dealkylation sites (N-methyl/N-ethyl adjacent to an activating group) is 1. The average Bonchev–Trinajstić information content (AvgIpc) is 2.90. The van der Waals surface area contributed by atoms with Gasteiger partial charge in [0.25, 0.3) is 0 Å². The molecule has 1 aliphatic carbocycles. The Balaban J connectivity index is 2.30. The number of ether oxygens (including phenoxy) is 1. The second kappa shape index (κ2) is 6.35. The summed E-state index contributed by atoms with van der Waals surface area (Å²) >= 11 is 0. The minimum absolute atomic E-state index is 0.271. The van der Waals surface area contributed by atoms with Crippen LogP contribution in [0.4, 0.5) is 0 Å². The molecule has 0 heterocycles. The fraction of sp³-hybridized carbons (Fsp3) is 0.625. The summed E-state index contributed by atoms with van der Waals surface area (Å²) in [5.74, 6) is 0. The highest BCUT2D eigenvalue weighted by Gasteiger charge is 2.42. The van der Waals surface area contributed by atoms with Crippen molar-refractivity contribution in [2.45, 2.75) is 44.1 Å². The van der Waals surface area contributed by atoms with E-state index in [0.29, 0.717) is 6.04 Å². The largest absolute Gasteiger partial charge is 0.383 e. The highest BCUT2D eigenvalue weighted by atomic mass is 16.5. The number of rotatable bonds is 6. The molecule has 100 valence electrons. The van der Waals surface area contributed by atoms with Crippen molar-refractivity contribution < 1.29 is 4.74 Å². The molecule has 2 heteroatoms. The monoisotopic (exact) mass is 247 g/mol. The van der Waals surface area contributed by atoms with E-state index in [4.69, 9.17) is 4.74 Å². The Labute approximate surface area is 111 Å². The molecule has 1 N–H and O–H groups in total. The predicted octanol–water partition coefficient (Wildman–Crippen LogP) is 3.12. The standard InChI is InChI=1S/C16H25NO/c1-3-17-15(13-18-2)16(11-7-8-12-16)14-9-5-4-6-10-14/h4-6,9-10,15,17H,3,7-8,11-13H2,1-2H3. The van der Waals surface area contributed by atoms with Gasteiger partial charge in [-0.25, -0.2) is 0 Å². The molecule has 2 nitrogen and oxygen atoms in total. The molecule has 1 aliphatic rings. The molecule has 1 aromatic carbocycles. The minimum atomic E-state index is 0.271. The summed E-state index contributed by atoms with van der Waals surface area (Å²) in [5.41, 5.74) is 1.75. The van der Waals surface area contributed by atoms with E-state index in [-0.39, 0.29) is 5.41 Å².